The normalized spacial score (nSPS) is 11.0. The second kappa shape index (κ2) is 5.29. The summed E-state index contributed by atoms with van der Waals surface area (Å²) < 4.78 is 3.56. The molecule has 1 N–H and O–H groups in total. The van der Waals surface area contributed by atoms with E-state index in [2.05, 4.69) is 20.4 Å². The molecule has 0 spiro atoms. The number of nitrogens with one attached hydrogen (secondary N) is 1. The minimum atomic E-state index is 0.646. The largest absolute Gasteiger partial charge is 0.321 e. The molecule has 0 fully saturated rings. The summed E-state index contributed by atoms with van der Waals surface area (Å²) in [5.74, 6) is 1.77. The Morgan fingerprint density at radius 1 is 1.35 bits per heavy atom. The van der Waals surface area contributed by atoms with E-state index in [1.54, 1.807) is 17.2 Å². The van der Waals surface area contributed by atoms with Crippen molar-refractivity contribution in [2.75, 3.05) is 6.54 Å². The first-order valence-electron chi connectivity index (χ1n) is 5.38. The van der Waals surface area contributed by atoms with Gasteiger partial charge in [-0.1, -0.05) is 11.6 Å². The number of aromatic nitrogens is 5. The molecule has 92 valence electrons. The van der Waals surface area contributed by atoms with Gasteiger partial charge < -0.3 is 9.88 Å². The fraction of sp³-hybridized carbons (Fsp3) is 0.500. The first kappa shape index (κ1) is 12.1. The average Bonchev–Trinajstić information content (AvgIpc) is 2.84. The van der Waals surface area contributed by atoms with Crippen molar-refractivity contribution >= 4 is 11.6 Å². The minimum Gasteiger partial charge on any atom is -0.321 e. The molecule has 2 aromatic heterocycles. The van der Waals surface area contributed by atoms with Crippen LogP contribution in [0.15, 0.2) is 12.5 Å². The SMILES string of the molecule is Cn1cnc(CCNCc2ncc(Cl)n2C)n1. The summed E-state index contributed by atoms with van der Waals surface area (Å²) in [5.41, 5.74) is 0. The Morgan fingerprint density at radius 2 is 2.18 bits per heavy atom. The number of hydrogen-bond acceptors (Lipinski definition) is 4. The van der Waals surface area contributed by atoms with Crippen LogP contribution in [0.5, 0.6) is 0 Å². The van der Waals surface area contributed by atoms with Crippen molar-refractivity contribution in [1.82, 2.24) is 29.6 Å². The fourth-order valence-electron chi connectivity index (χ4n) is 1.49. The van der Waals surface area contributed by atoms with Crippen LogP contribution in [-0.4, -0.2) is 30.9 Å². The Bertz CT molecular complexity index is 489. The monoisotopic (exact) mass is 254 g/mol. The number of nitrogens with zero attached hydrogens (tertiary/aromatic N) is 5. The van der Waals surface area contributed by atoms with Crippen LogP contribution in [0.4, 0.5) is 0 Å². The molecule has 6 nitrogen and oxygen atoms in total. The second-order valence-corrected chi connectivity index (χ2v) is 4.20. The third kappa shape index (κ3) is 3.04. The van der Waals surface area contributed by atoms with E-state index in [-0.39, 0.29) is 0 Å². The third-order valence-electron chi connectivity index (χ3n) is 2.48. The van der Waals surface area contributed by atoms with E-state index in [1.807, 2.05) is 18.7 Å². The molecule has 0 radical (unpaired) electrons. The molecule has 0 atom stereocenters. The van der Waals surface area contributed by atoms with Crippen LogP contribution in [0, 0.1) is 0 Å². The van der Waals surface area contributed by atoms with E-state index >= 15 is 0 Å². The Labute approximate surface area is 105 Å². The van der Waals surface area contributed by atoms with Gasteiger partial charge in [-0.3, -0.25) is 4.68 Å². The number of rotatable bonds is 5. The number of hydrogen-bond donors (Lipinski definition) is 1. The molecule has 0 amide bonds. The van der Waals surface area contributed by atoms with Crippen LogP contribution in [0.25, 0.3) is 0 Å². The lowest BCUT2D eigenvalue weighted by Gasteiger charge is -2.03. The zero-order valence-corrected chi connectivity index (χ0v) is 10.6. The predicted molar refractivity (Wildman–Crippen MR) is 64.6 cm³/mol. The van der Waals surface area contributed by atoms with Gasteiger partial charge in [-0.05, 0) is 0 Å². The summed E-state index contributed by atoms with van der Waals surface area (Å²) in [6.07, 6.45) is 4.16. The highest BCUT2D eigenvalue weighted by atomic mass is 35.5. The van der Waals surface area contributed by atoms with Gasteiger partial charge in [0.1, 0.15) is 17.3 Å². The Hall–Kier alpha value is -1.40. The lowest BCUT2D eigenvalue weighted by molar-refractivity contribution is 0.624. The molecular formula is C10H15ClN6. The average molecular weight is 255 g/mol. The first-order chi connectivity index (χ1) is 8.16. The van der Waals surface area contributed by atoms with Gasteiger partial charge in [0.05, 0.1) is 12.7 Å². The summed E-state index contributed by atoms with van der Waals surface area (Å²) in [4.78, 5) is 8.35. The van der Waals surface area contributed by atoms with Crippen LogP contribution >= 0.6 is 11.6 Å². The Kier molecular flexibility index (Phi) is 3.75. The third-order valence-corrected chi connectivity index (χ3v) is 2.83. The lowest BCUT2D eigenvalue weighted by Crippen LogP contribution is -2.19. The molecular weight excluding hydrogens is 240 g/mol. The predicted octanol–water partition coefficient (Wildman–Crippen LogP) is 0.534. The van der Waals surface area contributed by atoms with E-state index < -0.39 is 0 Å². The van der Waals surface area contributed by atoms with Crippen molar-refractivity contribution in [3.8, 4) is 0 Å². The standard InChI is InChI=1S/C10H15ClN6/c1-16-7-14-9(15-16)3-4-12-6-10-13-5-8(11)17(10)2/h5,7,12H,3-4,6H2,1-2H3. The van der Waals surface area contributed by atoms with Crippen LogP contribution in [0.2, 0.25) is 5.15 Å². The van der Waals surface area contributed by atoms with Crippen molar-refractivity contribution in [2.24, 2.45) is 14.1 Å². The highest BCUT2D eigenvalue weighted by Crippen LogP contribution is 2.08. The van der Waals surface area contributed by atoms with Crippen molar-refractivity contribution in [2.45, 2.75) is 13.0 Å². The van der Waals surface area contributed by atoms with Gasteiger partial charge in [-0.25, -0.2) is 9.97 Å². The quantitative estimate of drug-likeness (QED) is 0.791. The topological polar surface area (TPSA) is 60.6 Å². The molecule has 0 unspecified atom stereocenters. The molecule has 0 aromatic carbocycles. The molecule has 0 aliphatic carbocycles. The Balaban J connectivity index is 1.75. The zero-order valence-electron chi connectivity index (χ0n) is 9.89. The highest BCUT2D eigenvalue weighted by molar-refractivity contribution is 6.29. The van der Waals surface area contributed by atoms with E-state index in [1.165, 1.54) is 0 Å². The van der Waals surface area contributed by atoms with Crippen molar-refractivity contribution in [1.29, 1.82) is 0 Å². The van der Waals surface area contributed by atoms with E-state index in [4.69, 9.17) is 11.6 Å². The van der Waals surface area contributed by atoms with E-state index in [0.29, 0.717) is 11.7 Å². The summed E-state index contributed by atoms with van der Waals surface area (Å²) in [6.45, 7) is 1.50. The van der Waals surface area contributed by atoms with Crippen LogP contribution in [0.3, 0.4) is 0 Å². The molecule has 0 aliphatic heterocycles. The molecule has 2 aromatic rings. The second-order valence-electron chi connectivity index (χ2n) is 3.82. The number of imidazole rings is 1. The van der Waals surface area contributed by atoms with Gasteiger partial charge in [0, 0.05) is 27.1 Å². The first-order valence-corrected chi connectivity index (χ1v) is 5.76. The van der Waals surface area contributed by atoms with Gasteiger partial charge in [-0.2, -0.15) is 5.10 Å². The maximum Gasteiger partial charge on any atom is 0.151 e. The number of aryl methyl sites for hydroxylation is 1. The maximum absolute atomic E-state index is 5.89. The van der Waals surface area contributed by atoms with Crippen LogP contribution in [0.1, 0.15) is 11.6 Å². The van der Waals surface area contributed by atoms with Crippen LogP contribution in [-0.2, 0) is 27.1 Å². The lowest BCUT2D eigenvalue weighted by atomic mass is 10.4. The molecule has 0 saturated carbocycles. The molecule has 2 rings (SSSR count). The fourth-order valence-corrected chi connectivity index (χ4v) is 1.63. The summed E-state index contributed by atoms with van der Waals surface area (Å²) >= 11 is 5.89. The van der Waals surface area contributed by atoms with Crippen molar-refractivity contribution in [3.05, 3.63) is 29.3 Å². The molecule has 2 heterocycles. The van der Waals surface area contributed by atoms with Crippen LogP contribution < -0.4 is 5.32 Å². The summed E-state index contributed by atoms with van der Waals surface area (Å²) in [5, 5.41) is 8.13. The molecule has 0 aliphatic rings. The van der Waals surface area contributed by atoms with Crippen molar-refractivity contribution < 1.29 is 0 Å². The van der Waals surface area contributed by atoms with E-state index in [0.717, 1.165) is 24.6 Å². The van der Waals surface area contributed by atoms with Gasteiger partial charge >= 0.3 is 0 Å². The minimum absolute atomic E-state index is 0.646. The Morgan fingerprint density at radius 3 is 2.76 bits per heavy atom. The molecule has 0 bridgehead atoms. The molecule has 17 heavy (non-hydrogen) atoms. The molecule has 0 saturated heterocycles. The maximum atomic E-state index is 5.89. The van der Waals surface area contributed by atoms with Gasteiger partial charge in [0.25, 0.3) is 0 Å². The van der Waals surface area contributed by atoms with Crippen molar-refractivity contribution in [3.63, 3.8) is 0 Å². The number of halogens is 1. The van der Waals surface area contributed by atoms with Gasteiger partial charge in [0.2, 0.25) is 0 Å². The smallest absolute Gasteiger partial charge is 0.151 e. The zero-order chi connectivity index (χ0) is 12.3. The van der Waals surface area contributed by atoms with Gasteiger partial charge in [-0.15, -0.1) is 0 Å². The highest BCUT2D eigenvalue weighted by Gasteiger charge is 2.04. The van der Waals surface area contributed by atoms with Gasteiger partial charge in [0.15, 0.2) is 5.82 Å². The molecule has 7 heteroatoms. The van der Waals surface area contributed by atoms with E-state index in [9.17, 15) is 0 Å². The summed E-state index contributed by atoms with van der Waals surface area (Å²) in [7, 11) is 3.76. The summed E-state index contributed by atoms with van der Waals surface area (Å²) in [6, 6.07) is 0.